The molecular formula is C14H23N3O2. The maximum Gasteiger partial charge on any atom is 0.301 e. The fourth-order valence-corrected chi connectivity index (χ4v) is 2.85. The minimum Gasteiger partial charge on any atom is -0.459 e. The van der Waals surface area contributed by atoms with Crippen LogP contribution in [0.2, 0.25) is 0 Å². The molecule has 0 radical (unpaired) electrons. The van der Waals surface area contributed by atoms with Crippen molar-refractivity contribution in [1.29, 1.82) is 0 Å². The smallest absolute Gasteiger partial charge is 0.301 e. The molecule has 106 valence electrons. The van der Waals surface area contributed by atoms with Gasteiger partial charge in [0.15, 0.2) is 5.76 Å². The molecule has 1 fully saturated rings. The molecule has 1 atom stereocenters. The molecule has 2 rings (SSSR count). The van der Waals surface area contributed by atoms with Crippen molar-refractivity contribution in [2.45, 2.75) is 51.6 Å². The number of hydrogen-bond donors (Lipinski definition) is 2. The van der Waals surface area contributed by atoms with Gasteiger partial charge >= 0.3 is 5.91 Å². The number of hydrazine groups is 1. The highest BCUT2D eigenvalue weighted by Crippen LogP contribution is 2.23. The average molecular weight is 265 g/mol. The van der Waals surface area contributed by atoms with E-state index in [-0.39, 0.29) is 5.91 Å². The van der Waals surface area contributed by atoms with E-state index >= 15 is 0 Å². The van der Waals surface area contributed by atoms with E-state index in [1.807, 2.05) is 6.07 Å². The number of amides is 1. The number of likely N-dealkylation sites (tertiary alicyclic amines) is 1. The highest BCUT2D eigenvalue weighted by atomic mass is 16.3. The Morgan fingerprint density at radius 2 is 2.37 bits per heavy atom. The summed E-state index contributed by atoms with van der Waals surface area (Å²) in [7, 11) is 0. The summed E-state index contributed by atoms with van der Waals surface area (Å²) in [5, 5.41) is 0. The van der Waals surface area contributed by atoms with Crippen molar-refractivity contribution in [2.75, 3.05) is 6.54 Å². The van der Waals surface area contributed by atoms with Gasteiger partial charge in [-0.05, 0) is 31.9 Å². The average Bonchev–Trinajstić information content (AvgIpc) is 2.77. The first-order chi connectivity index (χ1) is 9.26. The molecule has 0 aliphatic carbocycles. The summed E-state index contributed by atoms with van der Waals surface area (Å²) in [4.78, 5) is 14.1. The van der Waals surface area contributed by atoms with Crippen LogP contribution in [0.15, 0.2) is 16.7 Å². The molecule has 5 nitrogen and oxygen atoms in total. The molecule has 19 heavy (non-hydrogen) atoms. The monoisotopic (exact) mass is 265 g/mol. The number of carbonyl (C=O) groups excluding carboxylic acids is 1. The predicted octanol–water partition coefficient (Wildman–Crippen LogP) is 2.04. The topological polar surface area (TPSA) is 71.5 Å². The van der Waals surface area contributed by atoms with Crippen LogP contribution in [-0.4, -0.2) is 23.4 Å². The van der Waals surface area contributed by atoms with Gasteiger partial charge in [0.05, 0.1) is 6.26 Å². The van der Waals surface area contributed by atoms with Gasteiger partial charge < -0.3 is 4.42 Å². The van der Waals surface area contributed by atoms with Crippen LogP contribution >= 0.6 is 0 Å². The zero-order valence-corrected chi connectivity index (χ0v) is 11.5. The molecule has 1 aliphatic heterocycles. The highest BCUT2D eigenvalue weighted by Gasteiger charge is 2.22. The Morgan fingerprint density at radius 1 is 1.53 bits per heavy atom. The summed E-state index contributed by atoms with van der Waals surface area (Å²) in [5.41, 5.74) is 3.05. The summed E-state index contributed by atoms with van der Waals surface area (Å²) in [6, 6.07) is 2.47. The highest BCUT2D eigenvalue weighted by molar-refractivity contribution is 5.92. The van der Waals surface area contributed by atoms with E-state index in [1.165, 1.54) is 25.7 Å². The molecule has 1 aromatic rings. The lowest BCUT2D eigenvalue weighted by Crippen LogP contribution is -2.35. The molecule has 0 bridgehead atoms. The second-order valence-corrected chi connectivity index (χ2v) is 5.13. The first-order valence-corrected chi connectivity index (χ1v) is 7.07. The Hall–Kier alpha value is -1.33. The summed E-state index contributed by atoms with van der Waals surface area (Å²) in [6.45, 7) is 4.08. The lowest BCUT2D eigenvalue weighted by molar-refractivity contribution is 0.0921. The molecule has 5 heteroatoms. The van der Waals surface area contributed by atoms with Crippen LogP contribution in [-0.2, 0) is 6.54 Å². The van der Waals surface area contributed by atoms with Gasteiger partial charge in [-0.25, -0.2) is 5.84 Å². The summed E-state index contributed by atoms with van der Waals surface area (Å²) >= 11 is 0. The van der Waals surface area contributed by atoms with Gasteiger partial charge in [0.1, 0.15) is 0 Å². The third-order valence-corrected chi connectivity index (χ3v) is 3.93. The van der Waals surface area contributed by atoms with Crippen molar-refractivity contribution in [3.05, 3.63) is 23.7 Å². The van der Waals surface area contributed by atoms with E-state index in [9.17, 15) is 4.79 Å². The number of carbonyl (C=O) groups is 1. The lowest BCUT2D eigenvalue weighted by Gasteiger charge is -2.28. The van der Waals surface area contributed by atoms with Crippen molar-refractivity contribution in [3.63, 3.8) is 0 Å². The Bertz CT molecular complexity index is 417. The van der Waals surface area contributed by atoms with Crippen LogP contribution in [0.5, 0.6) is 0 Å². The third kappa shape index (κ3) is 3.36. The minimum atomic E-state index is -0.358. The molecule has 2 heterocycles. The molecule has 1 aromatic heterocycles. The molecule has 0 aromatic carbocycles. The second-order valence-electron chi connectivity index (χ2n) is 5.13. The standard InChI is InChI=1S/C14H23N3O2/c1-2-12-6-4-3-5-8-17(12)10-11-7-9-19-13(11)14(18)16-15/h7,9,12H,2-6,8,10,15H2,1H3,(H,16,18). The molecule has 3 N–H and O–H groups in total. The Morgan fingerprint density at radius 3 is 3.11 bits per heavy atom. The molecule has 1 unspecified atom stereocenters. The first kappa shape index (κ1) is 14.1. The van der Waals surface area contributed by atoms with Crippen molar-refractivity contribution >= 4 is 5.91 Å². The number of nitrogens with two attached hydrogens (primary N) is 1. The fourth-order valence-electron chi connectivity index (χ4n) is 2.85. The van der Waals surface area contributed by atoms with Gasteiger partial charge in [-0.15, -0.1) is 0 Å². The van der Waals surface area contributed by atoms with Gasteiger partial charge in [-0.1, -0.05) is 19.8 Å². The molecule has 0 spiro atoms. The first-order valence-electron chi connectivity index (χ1n) is 7.07. The zero-order chi connectivity index (χ0) is 13.7. The maximum absolute atomic E-state index is 11.6. The third-order valence-electron chi connectivity index (χ3n) is 3.93. The molecule has 0 saturated carbocycles. The number of nitrogen functional groups attached to an aromatic ring is 1. The SMILES string of the molecule is CCC1CCCCCN1Cc1ccoc1C(=O)NN. The Labute approximate surface area is 114 Å². The van der Waals surface area contributed by atoms with Crippen LogP contribution in [0.4, 0.5) is 0 Å². The summed E-state index contributed by atoms with van der Waals surface area (Å²) < 4.78 is 5.24. The lowest BCUT2D eigenvalue weighted by atomic mass is 10.1. The number of hydrogen-bond acceptors (Lipinski definition) is 4. The van der Waals surface area contributed by atoms with E-state index in [0.29, 0.717) is 11.8 Å². The maximum atomic E-state index is 11.6. The Balaban J connectivity index is 2.10. The van der Waals surface area contributed by atoms with Crippen LogP contribution < -0.4 is 11.3 Å². The summed E-state index contributed by atoms with van der Waals surface area (Å²) in [6.07, 6.45) is 7.78. The second kappa shape index (κ2) is 6.73. The van der Waals surface area contributed by atoms with Crippen LogP contribution in [0.1, 0.15) is 55.1 Å². The normalized spacial score (nSPS) is 21.1. The quantitative estimate of drug-likeness (QED) is 0.496. The van der Waals surface area contributed by atoms with E-state index in [1.54, 1.807) is 6.26 Å². The van der Waals surface area contributed by atoms with E-state index in [0.717, 1.165) is 25.1 Å². The molecule has 1 amide bonds. The van der Waals surface area contributed by atoms with E-state index in [2.05, 4.69) is 17.2 Å². The van der Waals surface area contributed by atoms with Crippen molar-refractivity contribution in [2.24, 2.45) is 5.84 Å². The van der Waals surface area contributed by atoms with Crippen molar-refractivity contribution < 1.29 is 9.21 Å². The van der Waals surface area contributed by atoms with Gasteiger partial charge in [0.25, 0.3) is 0 Å². The van der Waals surface area contributed by atoms with Crippen molar-refractivity contribution in [3.8, 4) is 0 Å². The summed E-state index contributed by atoms with van der Waals surface area (Å²) in [5.74, 6) is 5.15. The number of rotatable bonds is 4. The fraction of sp³-hybridized carbons (Fsp3) is 0.643. The van der Waals surface area contributed by atoms with Crippen LogP contribution in [0.3, 0.4) is 0 Å². The van der Waals surface area contributed by atoms with Crippen molar-refractivity contribution in [1.82, 2.24) is 10.3 Å². The largest absolute Gasteiger partial charge is 0.459 e. The van der Waals surface area contributed by atoms with Gasteiger partial charge in [-0.2, -0.15) is 0 Å². The van der Waals surface area contributed by atoms with Gasteiger partial charge in [0.2, 0.25) is 0 Å². The van der Waals surface area contributed by atoms with E-state index in [4.69, 9.17) is 10.3 Å². The van der Waals surface area contributed by atoms with E-state index < -0.39 is 0 Å². The van der Waals surface area contributed by atoms with Gasteiger partial charge in [0, 0.05) is 18.2 Å². The molecular weight excluding hydrogens is 242 g/mol. The zero-order valence-electron chi connectivity index (χ0n) is 11.5. The predicted molar refractivity (Wildman–Crippen MR) is 73.3 cm³/mol. The Kier molecular flexibility index (Phi) is 4.99. The van der Waals surface area contributed by atoms with Gasteiger partial charge in [-0.3, -0.25) is 15.1 Å². The van der Waals surface area contributed by atoms with Crippen LogP contribution in [0, 0.1) is 0 Å². The molecule has 1 aliphatic rings. The number of nitrogens with one attached hydrogen (secondary N) is 1. The molecule has 1 saturated heterocycles. The number of furan rings is 1. The minimum absolute atomic E-state index is 0.335. The van der Waals surface area contributed by atoms with Crippen LogP contribution in [0.25, 0.3) is 0 Å². The number of nitrogens with zero attached hydrogens (tertiary/aromatic N) is 1.